The van der Waals surface area contributed by atoms with Crippen LogP contribution in [0.3, 0.4) is 0 Å². The number of allylic oxidation sites excluding steroid dienone is 2. The number of halogens is 1. The lowest BCUT2D eigenvalue weighted by Gasteiger charge is -2.10. The Hall–Kier alpha value is -0.350. The second kappa shape index (κ2) is 3.63. The van der Waals surface area contributed by atoms with Crippen molar-refractivity contribution in [3.8, 4) is 0 Å². The zero-order valence-electron chi connectivity index (χ0n) is 5.39. The van der Waals surface area contributed by atoms with Crippen molar-refractivity contribution in [3.05, 3.63) is 11.8 Å². The van der Waals surface area contributed by atoms with Gasteiger partial charge in [0.25, 0.3) is 0 Å². The number of nitrogens with zero attached hydrogens (tertiary/aromatic N) is 1. The van der Waals surface area contributed by atoms with E-state index in [0.717, 1.165) is 5.70 Å². The summed E-state index contributed by atoms with van der Waals surface area (Å²) in [6.07, 6.45) is 1.40. The summed E-state index contributed by atoms with van der Waals surface area (Å²) >= 11 is 2.75. The topological polar surface area (TPSA) is 46.3 Å². The monoisotopic (exact) mass is 192 g/mol. The first kappa shape index (κ1) is 8.65. The zero-order chi connectivity index (χ0) is 7.44. The smallest absolute Gasteiger partial charge is 0.222 e. The van der Waals surface area contributed by atoms with Gasteiger partial charge in [-0.05, 0) is 22.9 Å². The van der Waals surface area contributed by atoms with E-state index in [4.69, 9.17) is 5.84 Å². The van der Waals surface area contributed by atoms with Crippen LogP contribution in [0.1, 0.15) is 6.92 Å². The first-order valence-corrected chi connectivity index (χ1v) is 3.19. The summed E-state index contributed by atoms with van der Waals surface area (Å²) in [5.41, 5.74) is 0.719. The van der Waals surface area contributed by atoms with Crippen LogP contribution in [0.5, 0.6) is 0 Å². The maximum atomic E-state index is 10.3. The molecule has 0 aliphatic heterocycles. The Balaban J connectivity index is 4.00. The molecule has 0 saturated carbocycles. The first-order chi connectivity index (χ1) is 4.04. The third-order valence-corrected chi connectivity index (χ3v) is 1.11. The second-order valence-electron chi connectivity index (χ2n) is 1.70. The summed E-state index contributed by atoms with van der Waals surface area (Å²) in [4.78, 5) is 10.3. The van der Waals surface area contributed by atoms with Gasteiger partial charge in [-0.3, -0.25) is 4.79 Å². The van der Waals surface area contributed by atoms with E-state index in [1.54, 1.807) is 14.0 Å². The molecule has 0 unspecified atom stereocenters. The normalized spacial score (nSPS) is 11.3. The SMILES string of the molecule is CC(=CC(=O)Br)N(C)N. The average Bonchev–Trinajstić information content (AvgIpc) is 1.63. The maximum Gasteiger partial charge on any atom is 0.222 e. The molecule has 3 nitrogen and oxygen atoms in total. The van der Waals surface area contributed by atoms with Crippen molar-refractivity contribution in [1.29, 1.82) is 0 Å². The van der Waals surface area contributed by atoms with Crippen LogP contribution >= 0.6 is 15.9 Å². The fraction of sp³-hybridized carbons (Fsp3) is 0.400. The number of carbonyl (C=O) groups excluding carboxylic acids is 1. The summed E-state index contributed by atoms with van der Waals surface area (Å²) in [5, 5.41) is 1.37. The summed E-state index contributed by atoms with van der Waals surface area (Å²) in [6.45, 7) is 1.75. The summed E-state index contributed by atoms with van der Waals surface area (Å²) in [7, 11) is 1.67. The van der Waals surface area contributed by atoms with Gasteiger partial charge in [-0.25, -0.2) is 5.84 Å². The molecular weight excluding hydrogens is 184 g/mol. The Morgan fingerprint density at radius 1 is 1.78 bits per heavy atom. The van der Waals surface area contributed by atoms with Gasteiger partial charge in [-0.1, -0.05) is 0 Å². The number of rotatable bonds is 2. The molecule has 0 radical (unpaired) electrons. The van der Waals surface area contributed by atoms with Gasteiger partial charge in [-0.2, -0.15) is 0 Å². The van der Waals surface area contributed by atoms with E-state index in [2.05, 4.69) is 15.9 Å². The molecule has 2 N–H and O–H groups in total. The standard InChI is InChI=1S/C5H9BrN2O/c1-4(8(2)7)3-5(6)9/h3H,7H2,1-2H3. The molecule has 52 valence electrons. The Labute approximate surface area is 62.6 Å². The van der Waals surface area contributed by atoms with Crippen LogP contribution in [0.2, 0.25) is 0 Å². The molecular formula is C5H9BrN2O. The summed E-state index contributed by atoms with van der Waals surface area (Å²) < 4.78 is -0.169. The molecule has 0 amide bonds. The largest absolute Gasteiger partial charge is 0.318 e. The van der Waals surface area contributed by atoms with E-state index in [1.807, 2.05) is 0 Å². The second-order valence-corrected chi connectivity index (χ2v) is 2.48. The molecule has 0 aromatic rings. The lowest BCUT2D eigenvalue weighted by atomic mass is 10.4. The highest BCUT2D eigenvalue weighted by Gasteiger charge is 1.93. The van der Waals surface area contributed by atoms with Crippen LogP contribution in [0.4, 0.5) is 0 Å². The molecule has 0 aromatic carbocycles. The highest BCUT2D eigenvalue weighted by Crippen LogP contribution is 1.96. The summed E-state index contributed by atoms with van der Waals surface area (Å²) in [6, 6.07) is 0. The van der Waals surface area contributed by atoms with Crippen molar-refractivity contribution in [2.24, 2.45) is 5.84 Å². The lowest BCUT2D eigenvalue weighted by molar-refractivity contribution is -0.106. The van der Waals surface area contributed by atoms with Gasteiger partial charge < -0.3 is 5.01 Å². The highest BCUT2D eigenvalue weighted by molar-refractivity contribution is 9.18. The maximum absolute atomic E-state index is 10.3. The van der Waals surface area contributed by atoms with E-state index >= 15 is 0 Å². The molecule has 9 heavy (non-hydrogen) atoms. The molecule has 0 aromatic heterocycles. The first-order valence-electron chi connectivity index (χ1n) is 2.40. The Morgan fingerprint density at radius 3 is 2.33 bits per heavy atom. The van der Waals surface area contributed by atoms with Crippen molar-refractivity contribution in [3.63, 3.8) is 0 Å². The number of hydrogen-bond acceptors (Lipinski definition) is 3. The molecule has 0 aliphatic rings. The fourth-order valence-corrected chi connectivity index (χ4v) is 0.597. The molecule has 0 atom stereocenters. The Morgan fingerprint density at radius 2 is 2.22 bits per heavy atom. The van der Waals surface area contributed by atoms with Crippen molar-refractivity contribution in [2.45, 2.75) is 6.92 Å². The van der Waals surface area contributed by atoms with Crippen LogP contribution in [0, 0.1) is 0 Å². The molecule has 0 aliphatic carbocycles. The minimum Gasteiger partial charge on any atom is -0.318 e. The quantitative estimate of drug-likeness (QED) is 0.302. The number of hydrazine groups is 1. The Bertz CT molecular complexity index is 142. The summed E-state index contributed by atoms with van der Waals surface area (Å²) in [5.74, 6) is 5.28. The van der Waals surface area contributed by atoms with Gasteiger partial charge in [0.05, 0.1) is 0 Å². The van der Waals surface area contributed by atoms with Crippen molar-refractivity contribution in [1.82, 2.24) is 5.01 Å². The average molecular weight is 193 g/mol. The predicted octanol–water partition coefficient (Wildman–Crippen LogP) is 0.617. The van der Waals surface area contributed by atoms with Crippen LogP contribution in [0.25, 0.3) is 0 Å². The Kier molecular flexibility index (Phi) is 3.49. The van der Waals surface area contributed by atoms with Crippen molar-refractivity contribution >= 4 is 20.6 Å². The van der Waals surface area contributed by atoms with E-state index in [9.17, 15) is 4.79 Å². The molecule has 0 bridgehead atoms. The molecule has 4 heteroatoms. The van der Waals surface area contributed by atoms with Crippen LogP contribution in [0.15, 0.2) is 11.8 Å². The van der Waals surface area contributed by atoms with Crippen molar-refractivity contribution in [2.75, 3.05) is 7.05 Å². The van der Waals surface area contributed by atoms with Crippen LogP contribution in [-0.2, 0) is 4.79 Å². The van der Waals surface area contributed by atoms with Crippen LogP contribution < -0.4 is 5.84 Å². The van der Waals surface area contributed by atoms with E-state index in [-0.39, 0.29) is 4.69 Å². The highest BCUT2D eigenvalue weighted by atomic mass is 79.9. The third kappa shape index (κ3) is 4.17. The third-order valence-electron chi connectivity index (χ3n) is 0.879. The number of nitrogens with two attached hydrogens (primary N) is 1. The zero-order valence-corrected chi connectivity index (χ0v) is 6.97. The predicted molar refractivity (Wildman–Crippen MR) is 39.6 cm³/mol. The minimum atomic E-state index is -0.169. The van der Waals surface area contributed by atoms with Gasteiger partial charge in [0.15, 0.2) is 0 Å². The van der Waals surface area contributed by atoms with Gasteiger partial charge in [0.1, 0.15) is 0 Å². The number of hydrogen-bond donors (Lipinski definition) is 1. The van der Waals surface area contributed by atoms with E-state index < -0.39 is 0 Å². The molecule has 0 spiro atoms. The van der Waals surface area contributed by atoms with Gasteiger partial charge >= 0.3 is 0 Å². The van der Waals surface area contributed by atoms with Gasteiger partial charge in [0.2, 0.25) is 4.69 Å². The molecule has 0 fully saturated rings. The molecule has 0 saturated heterocycles. The fourth-order valence-electron chi connectivity index (χ4n) is 0.266. The van der Waals surface area contributed by atoms with E-state index in [0.29, 0.717) is 0 Å². The lowest BCUT2D eigenvalue weighted by Crippen LogP contribution is -2.23. The minimum absolute atomic E-state index is 0.169. The van der Waals surface area contributed by atoms with Crippen LogP contribution in [-0.4, -0.2) is 16.7 Å². The number of carbonyl (C=O) groups is 1. The van der Waals surface area contributed by atoms with Crippen molar-refractivity contribution < 1.29 is 4.79 Å². The van der Waals surface area contributed by atoms with Gasteiger partial charge in [-0.15, -0.1) is 0 Å². The molecule has 0 rings (SSSR count). The van der Waals surface area contributed by atoms with E-state index in [1.165, 1.54) is 11.1 Å². The van der Waals surface area contributed by atoms with Gasteiger partial charge in [0, 0.05) is 18.8 Å². The molecule has 0 heterocycles.